The number of piperidine rings is 1. The molecule has 2 fully saturated rings. The Morgan fingerprint density at radius 3 is 2.44 bits per heavy atom. The van der Waals surface area contributed by atoms with Gasteiger partial charge in [-0.05, 0) is 50.5 Å². The van der Waals surface area contributed by atoms with Crippen LogP contribution in [0, 0.1) is 11.8 Å². The second kappa shape index (κ2) is 6.91. The Hall–Kier alpha value is -0.0800. The highest BCUT2D eigenvalue weighted by Gasteiger charge is 2.31. The van der Waals surface area contributed by atoms with Gasteiger partial charge in [-0.25, -0.2) is 0 Å². The normalized spacial score (nSPS) is 26.8. The fourth-order valence-corrected chi connectivity index (χ4v) is 3.45. The van der Waals surface area contributed by atoms with Crippen LogP contribution >= 0.6 is 0 Å². The Morgan fingerprint density at radius 2 is 1.89 bits per heavy atom. The van der Waals surface area contributed by atoms with Gasteiger partial charge in [-0.3, -0.25) is 4.90 Å². The Morgan fingerprint density at radius 1 is 1.11 bits per heavy atom. The lowest BCUT2D eigenvalue weighted by molar-refractivity contribution is 0.182. The predicted molar refractivity (Wildman–Crippen MR) is 78.9 cm³/mol. The van der Waals surface area contributed by atoms with E-state index in [0.29, 0.717) is 0 Å². The summed E-state index contributed by atoms with van der Waals surface area (Å²) in [6.45, 7) is 11.0. The van der Waals surface area contributed by atoms with E-state index in [4.69, 9.17) is 0 Å². The molecule has 2 heteroatoms. The number of hydrogen-bond donors (Lipinski definition) is 1. The lowest BCUT2D eigenvalue weighted by Crippen LogP contribution is -2.45. The van der Waals surface area contributed by atoms with Crippen LogP contribution in [-0.2, 0) is 0 Å². The van der Waals surface area contributed by atoms with Gasteiger partial charge in [0.25, 0.3) is 0 Å². The van der Waals surface area contributed by atoms with Crippen LogP contribution in [0.15, 0.2) is 0 Å². The van der Waals surface area contributed by atoms with E-state index >= 15 is 0 Å². The quantitative estimate of drug-likeness (QED) is 0.748. The van der Waals surface area contributed by atoms with E-state index in [-0.39, 0.29) is 0 Å². The van der Waals surface area contributed by atoms with Gasteiger partial charge in [-0.15, -0.1) is 0 Å². The predicted octanol–water partition coefficient (Wildman–Crippen LogP) is 3.28. The summed E-state index contributed by atoms with van der Waals surface area (Å²) in [5.74, 6) is 1.70. The maximum absolute atomic E-state index is 3.70. The van der Waals surface area contributed by atoms with Gasteiger partial charge in [0.15, 0.2) is 0 Å². The number of hydrogen-bond acceptors (Lipinski definition) is 2. The fourth-order valence-electron chi connectivity index (χ4n) is 3.45. The van der Waals surface area contributed by atoms with E-state index in [1.165, 1.54) is 58.2 Å². The molecule has 2 aliphatic rings. The largest absolute Gasteiger partial charge is 0.313 e. The highest BCUT2D eigenvalue weighted by atomic mass is 15.2. The van der Waals surface area contributed by atoms with E-state index < -0.39 is 0 Å². The molecule has 2 atom stereocenters. The van der Waals surface area contributed by atoms with Crippen LogP contribution in [0.2, 0.25) is 0 Å². The highest BCUT2D eigenvalue weighted by molar-refractivity contribution is 4.88. The molecule has 1 saturated carbocycles. The average Bonchev–Trinajstić information content (AvgIpc) is 3.12. The van der Waals surface area contributed by atoms with Crippen molar-refractivity contribution in [2.75, 3.05) is 19.6 Å². The molecule has 1 saturated heterocycles. The van der Waals surface area contributed by atoms with E-state index in [9.17, 15) is 0 Å². The van der Waals surface area contributed by atoms with Gasteiger partial charge in [-0.2, -0.15) is 0 Å². The van der Waals surface area contributed by atoms with Crippen LogP contribution in [-0.4, -0.2) is 36.6 Å². The monoisotopic (exact) mass is 252 g/mol. The first-order valence-electron chi connectivity index (χ1n) is 8.12. The van der Waals surface area contributed by atoms with Gasteiger partial charge >= 0.3 is 0 Å². The van der Waals surface area contributed by atoms with Crippen LogP contribution in [0.4, 0.5) is 0 Å². The van der Waals surface area contributed by atoms with Crippen molar-refractivity contribution < 1.29 is 0 Å². The van der Waals surface area contributed by atoms with Crippen molar-refractivity contribution in [2.24, 2.45) is 11.8 Å². The van der Waals surface area contributed by atoms with Gasteiger partial charge in [0.05, 0.1) is 0 Å². The molecular weight excluding hydrogens is 220 g/mol. The summed E-state index contributed by atoms with van der Waals surface area (Å²) in [5.41, 5.74) is 0. The highest BCUT2D eigenvalue weighted by Crippen LogP contribution is 2.29. The maximum atomic E-state index is 3.70. The van der Waals surface area contributed by atoms with Crippen LogP contribution in [0.1, 0.15) is 59.3 Å². The van der Waals surface area contributed by atoms with Crippen molar-refractivity contribution in [3.8, 4) is 0 Å². The molecule has 0 amide bonds. The molecule has 1 aliphatic carbocycles. The summed E-state index contributed by atoms with van der Waals surface area (Å²) >= 11 is 0. The van der Waals surface area contributed by atoms with E-state index in [0.717, 1.165) is 23.9 Å². The summed E-state index contributed by atoms with van der Waals surface area (Å²) in [6.07, 6.45) is 8.47. The zero-order valence-corrected chi connectivity index (χ0v) is 12.6. The summed E-state index contributed by atoms with van der Waals surface area (Å²) < 4.78 is 0. The van der Waals surface area contributed by atoms with Gasteiger partial charge < -0.3 is 5.32 Å². The molecule has 0 aromatic rings. The minimum atomic E-state index is 0.769. The Kier molecular flexibility index (Phi) is 5.50. The molecule has 0 aromatic heterocycles. The van der Waals surface area contributed by atoms with Crippen molar-refractivity contribution in [2.45, 2.75) is 71.4 Å². The van der Waals surface area contributed by atoms with Gasteiger partial charge in [-0.1, -0.05) is 27.2 Å². The van der Waals surface area contributed by atoms with Crippen molar-refractivity contribution in [3.05, 3.63) is 0 Å². The Balaban J connectivity index is 1.76. The van der Waals surface area contributed by atoms with E-state index in [2.05, 4.69) is 31.0 Å². The second-order valence-electron chi connectivity index (χ2n) is 7.07. The topological polar surface area (TPSA) is 15.3 Å². The van der Waals surface area contributed by atoms with E-state index in [1.54, 1.807) is 0 Å². The Bertz CT molecular complexity index is 229. The van der Waals surface area contributed by atoms with Crippen molar-refractivity contribution in [3.63, 3.8) is 0 Å². The minimum Gasteiger partial charge on any atom is -0.313 e. The molecule has 1 N–H and O–H groups in total. The SMILES string of the molecule is CC(C)CC(C)CN(CC1CCCCN1)C1CC1. The molecule has 18 heavy (non-hydrogen) atoms. The van der Waals surface area contributed by atoms with Gasteiger partial charge in [0, 0.05) is 25.2 Å². The first-order valence-corrected chi connectivity index (χ1v) is 8.12. The molecule has 0 bridgehead atoms. The van der Waals surface area contributed by atoms with Crippen LogP contribution in [0.5, 0.6) is 0 Å². The average molecular weight is 252 g/mol. The summed E-state index contributed by atoms with van der Waals surface area (Å²) in [4.78, 5) is 2.79. The second-order valence-corrected chi connectivity index (χ2v) is 7.07. The Labute approximate surface area is 114 Å². The molecular formula is C16H32N2. The zero-order chi connectivity index (χ0) is 13.0. The molecule has 0 aromatic carbocycles. The third-order valence-electron chi connectivity index (χ3n) is 4.35. The molecule has 106 valence electrons. The lowest BCUT2D eigenvalue weighted by atomic mass is 9.97. The van der Waals surface area contributed by atoms with Crippen LogP contribution < -0.4 is 5.32 Å². The van der Waals surface area contributed by atoms with E-state index in [1.807, 2.05) is 0 Å². The smallest absolute Gasteiger partial charge is 0.0195 e. The molecule has 1 heterocycles. The third kappa shape index (κ3) is 4.89. The number of rotatable bonds is 7. The van der Waals surface area contributed by atoms with Crippen molar-refractivity contribution in [1.29, 1.82) is 0 Å². The van der Waals surface area contributed by atoms with Crippen LogP contribution in [0.25, 0.3) is 0 Å². The molecule has 0 radical (unpaired) electrons. The summed E-state index contributed by atoms with van der Waals surface area (Å²) in [5, 5.41) is 3.70. The molecule has 0 spiro atoms. The standard InChI is InChI=1S/C16H32N2/c1-13(2)10-14(3)11-18(16-7-8-16)12-15-6-4-5-9-17-15/h13-17H,4-12H2,1-3H3. The number of nitrogens with one attached hydrogen (secondary N) is 1. The summed E-state index contributed by atoms with van der Waals surface area (Å²) in [7, 11) is 0. The maximum Gasteiger partial charge on any atom is 0.0195 e. The molecule has 2 nitrogen and oxygen atoms in total. The van der Waals surface area contributed by atoms with Crippen molar-refractivity contribution >= 4 is 0 Å². The molecule has 2 rings (SSSR count). The first-order chi connectivity index (χ1) is 8.65. The fraction of sp³-hybridized carbons (Fsp3) is 1.00. The third-order valence-corrected chi connectivity index (χ3v) is 4.35. The summed E-state index contributed by atoms with van der Waals surface area (Å²) in [6, 6.07) is 1.69. The first kappa shape index (κ1) is 14.3. The minimum absolute atomic E-state index is 0.769. The van der Waals surface area contributed by atoms with Crippen LogP contribution in [0.3, 0.4) is 0 Å². The van der Waals surface area contributed by atoms with Crippen molar-refractivity contribution in [1.82, 2.24) is 10.2 Å². The van der Waals surface area contributed by atoms with Gasteiger partial charge in [0.2, 0.25) is 0 Å². The van der Waals surface area contributed by atoms with Gasteiger partial charge in [0.1, 0.15) is 0 Å². The molecule has 1 aliphatic heterocycles. The number of nitrogens with zero attached hydrogens (tertiary/aromatic N) is 1. The zero-order valence-electron chi connectivity index (χ0n) is 12.6. The lowest BCUT2D eigenvalue weighted by Gasteiger charge is -2.32. The molecule has 2 unspecified atom stereocenters.